The topological polar surface area (TPSA) is 197 Å². The monoisotopic (exact) mass is 555 g/mol. The summed E-state index contributed by atoms with van der Waals surface area (Å²) in [5.74, 6) is -0.925. The van der Waals surface area contributed by atoms with Crippen LogP contribution in [0.25, 0.3) is 0 Å². The zero-order valence-corrected chi connectivity index (χ0v) is 23.2. The zero-order chi connectivity index (χ0) is 29.4. The lowest BCUT2D eigenvalue weighted by atomic mass is 9.17. The Balaban J connectivity index is 1.34. The van der Waals surface area contributed by atoms with E-state index >= 15 is 0 Å². The van der Waals surface area contributed by atoms with E-state index in [0.717, 1.165) is 6.42 Å². The number of hydrogen-bond acceptors (Lipinski definition) is 10. The van der Waals surface area contributed by atoms with Crippen LogP contribution in [0.3, 0.4) is 0 Å². The average molecular weight is 556 g/mol. The molecular formula is C28H37N5O7. The van der Waals surface area contributed by atoms with Gasteiger partial charge in [-0.05, 0) is 42.4 Å². The summed E-state index contributed by atoms with van der Waals surface area (Å²) in [7, 11) is 0. The van der Waals surface area contributed by atoms with Gasteiger partial charge in [-0.3, -0.25) is 9.59 Å². The number of imide groups is 1. The maximum absolute atomic E-state index is 13.2. The Morgan fingerprint density at radius 3 is 2.62 bits per heavy atom. The second kappa shape index (κ2) is 8.98. The fraction of sp³-hybridized carbons (Fsp3) is 0.643. The molecule has 12 heteroatoms. The maximum atomic E-state index is 13.2. The van der Waals surface area contributed by atoms with E-state index in [1.165, 1.54) is 6.20 Å². The number of amides is 3. The lowest BCUT2D eigenvalue weighted by Crippen LogP contribution is -2.86. The van der Waals surface area contributed by atoms with Crippen LogP contribution in [-0.2, 0) is 20.9 Å². The van der Waals surface area contributed by atoms with Gasteiger partial charge in [0.25, 0.3) is 5.91 Å². The number of nitrogens with two attached hydrogens (primary N) is 2. The first-order valence-corrected chi connectivity index (χ1v) is 13.6. The highest BCUT2D eigenvalue weighted by Gasteiger charge is 2.87. The van der Waals surface area contributed by atoms with Crippen LogP contribution in [0, 0.1) is 39.4 Å². The lowest BCUT2D eigenvalue weighted by Gasteiger charge is -2.85. The smallest absolute Gasteiger partial charge is 0.417 e. The van der Waals surface area contributed by atoms with Crippen molar-refractivity contribution in [2.75, 3.05) is 5.73 Å². The van der Waals surface area contributed by atoms with Gasteiger partial charge in [0.2, 0.25) is 0 Å². The molecule has 40 heavy (non-hydrogen) atoms. The third-order valence-corrected chi connectivity index (χ3v) is 11.1. The van der Waals surface area contributed by atoms with Crippen LogP contribution in [0.5, 0.6) is 0 Å². The predicted molar refractivity (Wildman–Crippen MR) is 141 cm³/mol. The van der Waals surface area contributed by atoms with Gasteiger partial charge < -0.3 is 26.0 Å². The van der Waals surface area contributed by atoms with Crippen molar-refractivity contribution in [3.8, 4) is 0 Å². The molecule has 4 saturated carbocycles. The van der Waals surface area contributed by atoms with Crippen molar-refractivity contribution in [2.45, 2.75) is 72.2 Å². The molecule has 5 rings (SSSR count). The number of ether oxygens (including phenoxy) is 2. The Morgan fingerprint density at radius 2 is 1.98 bits per heavy atom. The summed E-state index contributed by atoms with van der Waals surface area (Å²) >= 11 is 0. The number of nitrogens with one attached hydrogen (secondary N) is 1. The zero-order valence-electron chi connectivity index (χ0n) is 23.2. The number of aromatic nitrogens is 2. The van der Waals surface area contributed by atoms with Crippen molar-refractivity contribution >= 4 is 29.7 Å². The highest BCUT2D eigenvalue weighted by atomic mass is 16.6. The number of carbonyl (C=O) groups is 4. The van der Waals surface area contributed by atoms with E-state index in [-0.39, 0.29) is 52.6 Å². The molecule has 3 amide bonds. The van der Waals surface area contributed by atoms with Crippen LogP contribution in [0.2, 0.25) is 0 Å². The highest BCUT2D eigenvalue weighted by molar-refractivity contribution is 5.95. The molecule has 2 spiro atoms. The van der Waals surface area contributed by atoms with Gasteiger partial charge in [-0.1, -0.05) is 33.8 Å². The number of aliphatic hydroxyl groups is 1. The van der Waals surface area contributed by atoms with Gasteiger partial charge in [0.15, 0.2) is 11.5 Å². The number of anilines is 1. The second-order valence-electron chi connectivity index (χ2n) is 12.6. The highest BCUT2D eigenvalue weighted by Crippen LogP contribution is 2.87. The molecule has 1 heterocycles. The fourth-order valence-corrected chi connectivity index (χ4v) is 8.95. The first-order valence-electron chi connectivity index (χ1n) is 13.6. The van der Waals surface area contributed by atoms with Gasteiger partial charge in [-0.25, -0.2) is 24.9 Å². The Morgan fingerprint density at radius 1 is 1.27 bits per heavy atom. The molecule has 0 saturated heterocycles. The molecule has 4 fully saturated rings. The minimum atomic E-state index is -1.09. The van der Waals surface area contributed by atoms with Crippen LogP contribution in [-0.4, -0.2) is 51.2 Å². The summed E-state index contributed by atoms with van der Waals surface area (Å²) in [5.41, 5.74) is 8.61. The quantitative estimate of drug-likeness (QED) is 0.392. The van der Waals surface area contributed by atoms with Crippen molar-refractivity contribution in [1.29, 1.82) is 0 Å². The standard InChI is InChI=1S/C28H37N5O7/c1-6-25(4)9-17(40-24(38)33-23(37)39-11-15-10-31-20(29)18(32-15)21(30)36)26(5)14(3)28-12-27(22(26)28,8-7-16(28)34)13(2)19(25)35/h6,10,13-14,17,19,22,35H,1,7-9,11-12H2,2-5H3,(H2,29,31)(H2,30,36)(H,33,37,38)/t13-,14-,17+,19-,22-,25+,26-,27+,28-/m0/s1. The van der Waals surface area contributed by atoms with Gasteiger partial charge in [-0.15, -0.1) is 6.58 Å². The first kappa shape index (κ1) is 28.0. The lowest BCUT2D eigenvalue weighted by molar-refractivity contribution is -0.378. The normalized spacial score (nSPS) is 41.1. The fourth-order valence-electron chi connectivity index (χ4n) is 8.95. The molecular weight excluding hydrogens is 518 g/mol. The molecule has 4 aliphatic carbocycles. The number of ketones is 1. The van der Waals surface area contributed by atoms with Crippen molar-refractivity contribution in [1.82, 2.24) is 15.3 Å². The summed E-state index contributed by atoms with van der Waals surface area (Å²) in [4.78, 5) is 57.8. The van der Waals surface area contributed by atoms with E-state index in [1.807, 2.05) is 13.8 Å². The summed E-state index contributed by atoms with van der Waals surface area (Å²) in [5, 5.41) is 13.6. The number of Topliss-reactive ketones (excluding diaryl/α,β-unsaturated/α-hetero) is 1. The number of carbonyl (C=O) groups excluding carboxylic acids is 4. The number of aliphatic hydroxyl groups excluding tert-OH is 1. The van der Waals surface area contributed by atoms with Gasteiger partial charge in [0.05, 0.1) is 18.0 Å². The van der Waals surface area contributed by atoms with Crippen LogP contribution in [0.15, 0.2) is 18.9 Å². The van der Waals surface area contributed by atoms with Crippen LogP contribution in [0.4, 0.5) is 15.4 Å². The summed E-state index contributed by atoms with van der Waals surface area (Å²) in [6.07, 6.45) is 1.59. The largest absolute Gasteiger partial charge is 0.445 e. The van der Waals surface area contributed by atoms with Crippen LogP contribution >= 0.6 is 0 Å². The van der Waals surface area contributed by atoms with Crippen molar-refractivity contribution in [3.05, 3.63) is 30.2 Å². The third-order valence-electron chi connectivity index (χ3n) is 11.1. The van der Waals surface area contributed by atoms with Crippen molar-refractivity contribution < 1.29 is 33.8 Å². The van der Waals surface area contributed by atoms with Gasteiger partial charge >= 0.3 is 12.2 Å². The van der Waals surface area contributed by atoms with Crippen molar-refractivity contribution in [3.63, 3.8) is 0 Å². The Labute approximate surface area is 232 Å². The number of nitrogen functional groups attached to an aromatic ring is 1. The third kappa shape index (κ3) is 3.54. The van der Waals surface area contributed by atoms with Gasteiger partial charge in [-0.2, -0.15) is 0 Å². The van der Waals surface area contributed by atoms with E-state index < -0.39 is 53.2 Å². The maximum Gasteiger partial charge on any atom is 0.417 e. The first-order chi connectivity index (χ1) is 18.7. The Bertz CT molecular complexity index is 1320. The summed E-state index contributed by atoms with van der Waals surface area (Å²) < 4.78 is 11.0. The molecule has 9 atom stereocenters. The number of nitrogens with zero attached hydrogens (tertiary/aromatic N) is 2. The Hall–Kier alpha value is -3.54. The second-order valence-corrected chi connectivity index (χ2v) is 12.6. The number of alkyl carbamates (subject to hydrolysis) is 2. The average Bonchev–Trinajstić information content (AvgIpc) is 2.90. The van der Waals surface area contributed by atoms with Crippen molar-refractivity contribution in [2.24, 2.45) is 45.1 Å². The van der Waals surface area contributed by atoms with Crippen LogP contribution in [0.1, 0.15) is 69.6 Å². The van der Waals surface area contributed by atoms with Gasteiger partial charge in [0, 0.05) is 22.7 Å². The molecule has 0 unspecified atom stereocenters. The molecule has 0 aromatic carbocycles. The SMILES string of the molecule is C=C[C@]1(C)C[C@@H](OC(=O)NC(=O)OCc2cnc(N)c(C(N)=O)n2)[C@]2(C)[C@H](C)[C@@]34C[C@](CCC3=O)([C@@H](C)[C@@H]1O)[C@@H]42. The van der Waals surface area contributed by atoms with E-state index in [1.54, 1.807) is 6.08 Å². The van der Waals surface area contributed by atoms with E-state index in [2.05, 4.69) is 35.7 Å². The summed E-state index contributed by atoms with van der Waals surface area (Å²) in [6.45, 7) is 11.7. The molecule has 0 aliphatic heterocycles. The minimum absolute atomic E-state index is 0.0314. The number of hydrogen-bond donors (Lipinski definition) is 4. The molecule has 4 aliphatic rings. The Kier molecular flexibility index (Phi) is 6.29. The number of rotatable bonds is 5. The molecule has 1 aromatic heterocycles. The number of primary amides is 1. The molecule has 0 radical (unpaired) electrons. The molecule has 2 bridgehead atoms. The molecule has 6 N–H and O–H groups in total. The minimum Gasteiger partial charge on any atom is -0.445 e. The molecule has 12 nitrogen and oxygen atoms in total. The van der Waals surface area contributed by atoms with E-state index in [9.17, 15) is 24.3 Å². The predicted octanol–water partition coefficient (Wildman–Crippen LogP) is 2.49. The van der Waals surface area contributed by atoms with Gasteiger partial charge in [0.1, 0.15) is 18.5 Å². The molecule has 216 valence electrons. The molecule has 1 aromatic rings. The van der Waals surface area contributed by atoms with E-state index in [4.69, 9.17) is 20.9 Å². The summed E-state index contributed by atoms with van der Waals surface area (Å²) in [6, 6.07) is 0. The van der Waals surface area contributed by atoms with E-state index in [0.29, 0.717) is 12.8 Å². The van der Waals surface area contributed by atoms with Crippen LogP contribution < -0.4 is 16.8 Å².